The Morgan fingerprint density at radius 1 is 1.00 bits per heavy atom. The highest BCUT2D eigenvalue weighted by atomic mass is 32.1. The van der Waals surface area contributed by atoms with Crippen molar-refractivity contribution in [3.05, 3.63) is 88.9 Å². The number of fused-ring (bicyclic) bond motifs is 2. The maximum Gasteiger partial charge on any atom is 0.349 e. The average molecular weight is 399 g/mol. The second-order valence-electron chi connectivity index (χ2n) is 6.36. The third kappa shape index (κ3) is 3.28. The Hall–Kier alpha value is -3.84. The molecule has 0 saturated heterocycles. The Morgan fingerprint density at radius 3 is 2.66 bits per heavy atom. The van der Waals surface area contributed by atoms with E-state index in [1.165, 1.54) is 11.3 Å². The van der Waals surface area contributed by atoms with Crippen molar-refractivity contribution < 1.29 is 9.21 Å². The molecular weight excluding hydrogens is 386 g/mol. The lowest BCUT2D eigenvalue weighted by molar-refractivity contribution is 0.102. The van der Waals surface area contributed by atoms with Gasteiger partial charge in [0.1, 0.15) is 26.5 Å². The number of benzene rings is 2. The molecule has 0 atom stereocenters. The van der Waals surface area contributed by atoms with Crippen molar-refractivity contribution in [3.63, 3.8) is 0 Å². The van der Waals surface area contributed by atoms with E-state index in [4.69, 9.17) is 4.42 Å². The standard InChI is InChI=1S/C22H13N3O3S/c26-19(16-12-14-4-1-2-6-18(14)28-22(16)27)24-15-9-7-13(8-10-15)20-25-17-5-3-11-23-21(17)29-20/h1-12H,(H,24,26). The van der Waals surface area contributed by atoms with Gasteiger partial charge in [-0.1, -0.05) is 29.5 Å². The van der Waals surface area contributed by atoms with Crippen LogP contribution in [0.4, 0.5) is 5.69 Å². The Balaban J connectivity index is 1.40. The van der Waals surface area contributed by atoms with Crippen LogP contribution < -0.4 is 10.9 Å². The Labute approximate surface area is 168 Å². The van der Waals surface area contributed by atoms with Crippen molar-refractivity contribution in [1.29, 1.82) is 0 Å². The molecule has 140 valence electrons. The zero-order valence-corrected chi connectivity index (χ0v) is 15.8. The number of para-hydroxylation sites is 1. The predicted molar refractivity (Wildman–Crippen MR) is 113 cm³/mol. The summed E-state index contributed by atoms with van der Waals surface area (Å²) in [6.07, 6.45) is 1.74. The van der Waals surface area contributed by atoms with Crippen LogP contribution in [-0.4, -0.2) is 15.9 Å². The van der Waals surface area contributed by atoms with Crippen LogP contribution in [0, 0.1) is 0 Å². The summed E-state index contributed by atoms with van der Waals surface area (Å²) >= 11 is 1.51. The van der Waals surface area contributed by atoms with Crippen molar-refractivity contribution in [2.24, 2.45) is 0 Å². The van der Waals surface area contributed by atoms with Crippen LogP contribution in [0.1, 0.15) is 10.4 Å². The number of hydrogen-bond donors (Lipinski definition) is 1. The molecule has 0 spiro atoms. The maximum atomic E-state index is 12.6. The molecule has 6 nitrogen and oxygen atoms in total. The summed E-state index contributed by atoms with van der Waals surface area (Å²) in [6.45, 7) is 0. The molecule has 7 heteroatoms. The number of carbonyl (C=O) groups is 1. The highest BCUT2D eigenvalue weighted by molar-refractivity contribution is 7.21. The van der Waals surface area contributed by atoms with E-state index < -0.39 is 11.5 Å². The molecule has 0 saturated carbocycles. The molecule has 5 rings (SSSR count). The lowest BCUT2D eigenvalue weighted by Gasteiger charge is -2.06. The monoisotopic (exact) mass is 399 g/mol. The molecule has 0 aliphatic rings. The second kappa shape index (κ2) is 6.96. The summed E-state index contributed by atoms with van der Waals surface area (Å²) < 4.78 is 5.23. The molecule has 1 amide bonds. The van der Waals surface area contributed by atoms with Crippen molar-refractivity contribution >= 4 is 44.2 Å². The minimum atomic E-state index is -0.667. The minimum Gasteiger partial charge on any atom is -0.422 e. The van der Waals surface area contributed by atoms with Gasteiger partial charge in [0.2, 0.25) is 0 Å². The van der Waals surface area contributed by atoms with Gasteiger partial charge in [0, 0.05) is 22.8 Å². The van der Waals surface area contributed by atoms with Crippen LogP contribution in [0.5, 0.6) is 0 Å². The number of nitrogens with one attached hydrogen (secondary N) is 1. The largest absolute Gasteiger partial charge is 0.422 e. The van der Waals surface area contributed by atoms with E-state index in [9.17, 15) is 9.59 Å². The number of hydrogen-bond acceptors (Lipinski definition) is 6. The Bertz CT molecular complexity index is 1390. The lowest BCUT2D eigenvalue weighted by atomic mass is 10.1. The van der Waals surface area contributed by atoms with E-state index >= 15 is 0 Å². The third-order valence-corrected chi connectivity index (χ3v) is 5.47. The first kappa shape index (κ1) is 17.3. The number of aromatic nitrogens is 2. The van der Waals surface area contributed by atoms with Crippen LogP contribution in [-0.2, 0) is 0 Å². The van der Waals surface area contributed by atoms with E-state index in [1.807, 2.05) is 30.3 Å². The molecule has 5 aromatic rings. The summed E-state index contributed by atoms with van der Waals surface area (Å²) in [5.74, 6) is -0.513. The SMILES string of the molecule is O=C(Nc1ccc(-c2nc3cccnc3s2)cc1)c1cc2ccccc2oc1=O. The molecule has 1 N–H and O–H groups in total. The molecule has 3 heterocycles. The van der Waals surface area contributed by atoms with E-state index in [-0.39, 0.29) is 5.56 Å². The van der Waals surface area contributed by atoms with Crippen LogP contribution in [0.15, 0.2) is 82.1 Å². The molecule has 0 fully saturated rings. The van der Waals surface area contributed by atoms with Gasteiger partial charge in [0.15, 0.2) is 0 Å². The van der Waals surface area contributed by atoms with Gasteiger partial charge in [-0.15, -0.1) is 0 Å². The fourth-order valence-electron chi connectivity index (χ4n) is 3.01. The van der Waals surface area contributed by atoms with E-state index in [2.05, 4.69) is 15.3 Å². The molecule has 0 bridgehead atoms. The lowest BCUT2D eigenvalue weighted by Crippen LogP contribution is -2.20. The van der Waals surface area contributed by atoms with Gasteiger partial charge in [-0.25, -0.2) is 14.8 Å². The number of rotatable bonds is 3. The number of anilines is 1. The number of thiazole rings is 1. The summed E-state index contributed by atoms with van der Waals surface area (Å²) in [7, 11) is 0. The fraction of sp³-hybridized carbons (Fsp3) is 0. The van der Waals surface area contributed by atoms with E-state index in [0.29, 0.717) is 16.7 Å². The maximum absolute atomic E-state index is 12.6. The molecular formula is C22H13N3O3S. The van der Waals surface area contributed by atoms with Gasteiger partial charge in [0.25, 0.3) is 5.91 Å². The zero-order valence-electron chi connectivity index (χ0n) is 15.0. The van der Waals surface area contributed by atoms with Crippen molar-refractivity contribution in [1.82, 2.24) is 9.97 Å². The van der Waals surface area contributed by atoms with Gasteiger partial charge in [0.05, 0.1) is 0 Å². The highest BCUT2D eigenvalue weighted by Crippen LogP contribution is 2.29. The Morgan fingerprint density at radius 2 is 1.83 bits per heavy atom. The first-order valence-corrected chi connectivity index (χ1v) is 9.65. The smallest absolute Gasteiger partial charge is 0.349 e. The molecule has 29 heavy (non-hydrogen) atoms. The number of amides is 1. The topological polar surface area (TPSA) is 85.1 Å². The predicted octanol–water partition coefficient (Wildman–Crippen LogP) is 4.72. The van der Waals surface area contributed by atoms with Crippen LogP contribution in [0.2, 0.25) is 0 Å². The van der Waals surface area contributed by atoms with E-state index in [1.54, 1.807) is 42.6 Å². The van der Waals surface area contributed by atoms with Crippen molar-refractivity contribution in [2.45, 2.75) is 0 Å². The molecule has 0 aliphatic carbocycles. The van der Waals surface area contributed by atoms with Crippen molar-refractivity contribution in [2.75, 3.05) is 5.32 Å². The van der Waals surface area contributed by atoms with Crippen LogP contribution in [0.3, 0.4) is 0 Å². The fourth-order valence-corrected chi connectivity index (χ4v) is 3.92. The second-order valence-corrected chi connectivity index (χ2v) is 7.34. The highest BCUT2D eigenvalue weighted by Gasteiger charge is 2.14. The normalized spacial score (nSPS) is 11.0. The summed E-state index contributed by atoms with van der Waals surface area (Å²) in [4.78, 5) is 34.5. The molecule has 0 unspecified atom stereocenters. The molecule has 2 aromatic carbocycles. The van der Waals surface area contributed by atoms with Crippen LogP contribution in [0.25, 0.3) is 31.9 Å². The summed E-state index contributed by atoms with van der Waals surface area (Å²) in [6, 6.07) is 19.7. The zero-order chi connectivity index (χ0) is 19.8. The average Bonchev–Trinajstić information content (AvgIpc) is 3.18. The Kier molecular flexibility index (Phi) is 4.14. The van der Waals surface area contributed by atoms with Gasteiger partial charge >= 0.3 is 5.63 Å². The molecule has 0 radical (unpaired) electrons. The molecule has 0 aliphatic heterocycles. The first-order chi connectivity index (χ1) is 14.2. The summed E-state index contributed by atoms with van der Waals surface area (Å²) in [5, 5.41) is 4.29. The van der Waals surface area contributed by atoms with Gasteiger partial charge < -0.3 is 9.73 Å². The van der Waals surface area contributed by atoms with Crippen molar-refractivity contribution in [3.8, 4) is 10.6 Å². The minimum absolute atomic E-state index is 0.0370. The number of nitrogens with zero attached hydrogens (tertiary/aromatic N) is 2. The van der Waals surface area contributed by atoms with Crippen LogP contribution >= 0.6 is 11.3 Å². The molecule has 3 aromatic heterocycles. The van der Waals surface area contributed by atoms with Gasteiger partial charge in [-0.3, -0.25) is 4.79 Å². The van der Waals surface area contributed by atoms with Gasteiger partial charge in [-0.2, -0.15) is 0 Å². The number of carbonyl (C=O) groups excluding carboxylic acids is 1. The first-order valence-electron chi connectivity index (χ1n) is 8.84. The number of pyridine rings is 1. The summed E-state index contributed by atoms with van der Waals surface area (Å²) in [5.41, 5.74) is 2.10. The van der Waals surface area contributed by atoms with Gasteiger partial charge in [-0.05, 0) is 48.5 Å². The quantitative estimate of drug-likeness (QED) is 0.444. The third-order valence-electron chi connectivity index (χ3n) is 4.44. The van der Waals surface area contributed by atoms with E-state index in [0.717, 1.165) is 20.9 Å².